The molecule has 302 valence electrons. The van der Waals surface area contributed by atoms with E-state index in [9.17, 15) is 34.5 Å². The molecule has 6 aromatic rings. The number of aromatic hydroxyl groups is 3. The molecule has 1 fully saturated rings. The fourth-order valence-corrected chi connectivity index (χ4v) is 8.35. The average Bonchev–Trinajstić information content (AvgIpc) is 3.78. The Morgan fingerprint density at radius 2 is 1.73 bits per heavy atom. The lowest BCUT2D eigenvalue weighted by atomic mass is 9.97. The molecule has 16 nitrogen and oxygen atoms in total. The Morgan fingerprint density at radius 1 is 0.966 bits per heavy atom. The summed E-state index contributed by atoms with van der Waals surface area (Å²) < 4.78 is 20.3. The molecular formula is C43H40N6O10. The standard InChI is InChI=1S/C43H40N6O10/c1-4-26-28-15-23(50)7-10-33(28)44-37-31(26)19-48-34(37)17-29-32(40(48)53)20-57-41(54)38(29)59-43(56)47-13-11-25(12-14-47)58-24-8-5-22(6-9-24)49-39(45-46-42(49)55)30-16-27(21(2)3)35(51)18-36(30)52/h5-10,15-18,21,25,38,50-52H,4,11-14,19-20H2,1-3H3,(H,46,55). The summed E-state index contributed by atoms with van der Waals surface area (Å²) in [5.41, 5.74) is 4.61. The number of piperidine rings is 1. The Kier molecular flexibility index (Phi) is 9.13. The summed E-state index contributed by atoms with van der Waals surface area (Å²) in [6.45, 7) is 6.40. The van der Waals surface area contributed by atoms with Crippen LogP contribution in [0, 0.1) is 0 Å². The average molecular weight is 801 g/mol. The minimum Gasteiger partial charge on any atom is -0.508 e. The highest BCUT2D eigenvalue weighted by molar-refractivity contribution is 5.89. The van der Waals surface area contributed by atoms with E-state index in [1.807, 2.05) is 20.8 Å². The van der Waals surface area contributed by atoms with Gasteiger partial charge in [0.25, 0.3) is 5.56 Å². The van der Waals surface area contributed by atoms with Crippen molar-refractivity contribution in [2.45, 2.75) is 71.3 Å². The van der Waals surface area contributed by atoms with E-state index < -0.39 is 23.9 Å². The molecule has 1 atom stereocenters. The topological polar surface area (TPSA) is 211 Å². The van der Waals surface area contributed by atoms with Crippen molar-refractivity contribution in [3.05, 3.63) is 109 Å². The second-order valence-electron chi connectivity index (χ2n) is 15.3. The minimum atomic E-state index is -1.44. The zero-order valence-electron chi connectivity index (χ0n) is 32.4. The van der Waals surface area contributed by atoms with Gasteiger partial charge in [0.2, 0.25) is 6.10 Å². The molecular weight excluding hydrogens is 761 g/mol. The largest absolute Gasteiger partial charge is 0.508 e. The molecule has 0 spiro atoms. The third-order valence-electron chi connectivity index (χ3n) is 11.4. The smallest absolute Gasteiger partial charge is 0.410 e. The number of aromatic nitrogens is 5. The number of hydrogen-bond acceptors (Lipinski definition) is 12. The van der Waals surface area contributed by atoms with Crippen molar-refractivity contribution in [1.29, 1.82) is 0 Å². The molecule has 9 rings (SSSR count). The molecule has 1 unspecified atom stereocenters. The van der Waals surface area contributed by atoms with Crippen molar-refractivity contribution < 1.29 is 39.1 Å². The van der Waals surface area contributed by atoms with Gasteiger partial charge in [0.05, 0.1) is 40.3 Å². The summed E-state index contributed by atoms with van der Waals surface area (Å²) in [5, 5.41) is 38.5. The van der Waals surface area contributed by atoms with Crippen LogP contribution in [0.25, 0.3) is 39.4 Å². The molecule has 0 bridgehead atoms. The minimum absolute atomic E-state index is 0.0453. The van der Waals surface area contributed by atoms with E-state index in [1.165, 1.54) is 15.5 Å². The number of amides is 1. The molecule has 1 amide bonds. The van der Waals surface area contributed by atoms with Crippen LogP contribution in [0.1, 0.15) is 73.5 Å². The number of nitrogens with zero attached hydrogens (tertiary/aromatic N) is 5. The molecule has 59 heavy (non-hydrogen) atoms. The Morgan fingerprint density at radius 3 is 2.46 bits per heavy atom. The maximum absolute atomic E-state index is 13.9. The highest BCUT2D eigenvalue weighted by atomic mass is 16.6. The molecule has 6 heterocycles. The molecule has 3 aliphatic rings. The van der Waals surface area contributed by atoms with Gasteiger partial charge in [0, 0.05) is 48.5 Å². The number of likely N-dealkylation sites (tertiary alicyclic amines) is 1. The summed E-state index contributed by atoms with van der Waals surface area (Å²) in [5.74, 6) is -0.256. The highest BCUT2D eigenvalue weighted by Crippen LogP contribution is 2.40. The number of fused-ring (bicyclic) bond motifs is 5. The Hall–Kier alpha value is -7.10. The van der Waals surface area contributed by atoms with Gasteiger partial charge in [-0.1, -0.05) is 20.8 Å². The van der Waals surface area contributed by atoms with Crippen molar-refractivity contribution in [2.75, 3.05) is 13.1 Å². The number of phenolic OH excluding ortho intramolecular Hbond substituents is 3. The third-order valence-corrected chi connectivity index (χ3v) is 11.4. The van der Waals surface area contributed by atoms with Gasteiger partial charge in [-0.3, -0.25) is 4.79 Å². The van der Waals surface area contributed by atoms with Gasteiger partial charge in [-0.05, 0) is 78.1 Å². The number of benzene rings is 3. The van der Waals surface area contributed by atoms with Gasteiger partial charge in [0.15, 0.2) is 5.82 Å². The number of phenols is 3. The Bertz CT molecular complexity index is 2820. The fourth-order valence-electron chi connectivity index (χ4n) is 8.35. The van der Waals surface area contributed by atoms with Gasteiger partial charge in [-0.25, -0.2) is 29.0 Å². The molecule has 3 aromatic heterocycles. The van der Waals surface area contributed by atoms with Gasteiger partial charge in [0.1, 0.15) is 35.7 Å². The van der Waals surface area contributed by atoms with Crippen LogP contribution in [-0.4, -0.2) is 75.8 Å². The van der Waals surface area contributed by atoms with E-state index >= 15 is 0 Å². The van der Waals surface area contributed by atoms with Crippen LogP contribution in [0.3, 0.4) is 0 Å². The number of pyridine rings is 2. The van der Waals surface area contributed by atoms with Crippen molar-refractivity contribution in [1.82, 2.24) is 29.2 Å². The van der Waals surface area contributed by atoms with Crippen LogP contribution >= 0.6 is 0 Å². The number of rotatable bonds is 7. The molecule has 16 heteroatoms. The van der Waals surface area contributed by atoms with Crippen LogP contribution in [0.4, 0.5) is 4.79 Å². The van der Waals surface area contributed by atoms with E-state index in [0.29, 0.717) is 53.2 Å². The molecule has 0 aliphatic carbocycles. The number of carbonyl (C=O) groups is 2. The molecule has 0 saturated carbocycles. The maximum Gasteiger partial charge on any atom is 0.410 e. The Balaban J connectivity index is 0.882. The molecule has 3 aliphatic heterocycles. The van der Waals surface area contributed by atoms with Crippen LogP contribution in [0.5, 0.6) is 23.0 Å². The van der Waals surface area contributed by atoms with Crippen molar-refractivity contribution in [3.8, 4) is 51.5 Å². The lowest BCUT2D eigenvalue weighted by Crippen LogP contribution is -2.43. The first-order valence-corrected chi connectivity index (χ1v) is 19.4. The summed E-state index contributed by atoms with van der Waals surface area (Å²) in [6.07, 6.45) is -0.827. The molecule has 1 saturated heterocycles. The molecule has 3 aromatic carbocycles. The summed E-state index contributed by atoms with van der Waals surface area (Å²) in [6, 6.07) is 16.3. The molecule has 4 N–H and O–H groups in total. The lowest BCUT2D eigenvalue weighted by Gasteiger charge is -2.33. The second-order valence-corrected chi connectivity index (χ2v) is 15.3. The summed E-state index contributed by atoms with van der Waals surface area (Å²) in [4.78, 5) is 59.8. The van der Waals surface area contributed by atoms with Crippen LogP contribution in [-0.2, 0) is 33.8 Å². The lowest BCUT2D eigenvalue weighted by molar-refractivity contribution is -0.158. The van der Waals surface area contributed by atoms with Crippen LogP contribution < -0.4 is 16.0 Å². The maximum atomic E-state index is 13.9. The zero-order valence-corrected chi connectivity index (χ0v) is 32.4. The monoisotopic (exact) mass is 800 g/mol. The predicted octanol–water partition coefficient (Wildman–Crippen LogP) is 5.55. The van der Waals surface area contributed by atoms with Crippen molar-refractivity contribution >= 4 is 23.0 Å². The number of H-pyrrole nitrogens is 1. The highest BCUT2D eigenvalue weighted by Gasteiger charge is 2.39. The quantitative estimate of drug-likeness (QED) is 0.146. The number of hydrogen-bond donors (Lipinski definition) is 4. The van der Waals surface area contributed by atoms with Crippen molar-refractivity contribution in [2.24, 2.45) is 0 Å². The van der Waals surface area contributed by atoms with E-state index in [1.54, 1.807) is 59.2 Å². The van der Waals surface area contributed by atoms with E-state index in [4.69, 9.17) is 19.2 Å². The first-order valence-electron chi connectivity index (χ1n) is 19.4. The normalized spacial score (nSPS) is 16.2. The third kappa shape index (κ3) is 6.40. The molecule has 0 radical (unpaired) electrons. The van der Waals surface area contributed by atoms with E-state index in [-0.39, 0.29) is 83.6 Å². The summed E-state index contributed by atoms with van der Waals surface area (Å²) in [7, 11) is 0. The first kappa shape index (κ1) is 37.5. The SMILES string of the molecule is CCc1c2c(nc3ccc(O)cc13)-c1cc3c(c(=O)n1C2)COC(=O)C3OC(=O)N1CCC(Oc2ccc(-n3c(-c4cc(C(C)C)c(O)cc4O)n[nH]c3=O)cc2)CC1. The number of aromatic amines is 1. The summed E-state index contributed by atoms with van der Waals surface area (Å²) >= 11 is 0. The number of cyclic esters (lactones) is 1. The van der Waals surface area contributed by atoms with E-state index in [0.717, 1.165) is 16.5 Å². The predicted molar refractivity (Wildman–Crippen MR) is 213 cm³/mol. The zero-order chi connectivity index (χ0) is 41.3. The van der Waals surface area contributed by atoms with Gasteiger partial charge >= 0.3 is 17.8 Å². The van der Waals surface area contributed by atoms with Gasteiger partial charge in [-0.15, -0.1) is 0 Å². The number of esters is 1. The second kappa shape index (κ2) is 14.4. The fraction of sp³-hybridized carbons (Fsp3) is 0.302. The number of aryl methyl sites for hydroxylation is 1. The van der Waals surface area contributed by atoms with Crippen LogP contribution in [0.2, 0.25) is 0 Å². The number of carbonyl (C=O) groups excluding carboxylic acids is 2. The Labute approximate surface area is 335 Å². The van der Waals surface area contributed by atoms with Gasteiger partial charge in [-0.2, -0.15) is 5.10 Å². The van der Waals surface area contributed by atoms with Crippen molar-refractivity contribution in [3.63, 3.8) is 0 Å². The first-order chi connectivity index (χ1) is 28.4. The number of nitrogens with one attached hydrogen (secondary N) is 1. The van der Waals surface area contributed by atoms with Gasteiger partial charge < -0.3 is 39.0 Å². The van der Waals surface area contributed by atoms with Crippen LogP contribution in [0.15, 0.2) is 70.3 Å². The van der Waals surface area contributed by atoms with E-state index in [2.05, 4.69) is 10.2 Å². The number of ether oxygens (including phenoxy) is 3.